The minimum absolute atomic E-state index is 0.0268. The lowest BCUT2D eigenvalue weighted by atomic mass is 10.2. The Labute approximate surface area is 145 Å². The molecule has 0 bridgehead atoms. The van der Waals surface area contributed by atoms with E-state index in [-0.39, 0.29) is 18.9 Å². The zero-order valence-corrected chi connectivity index (χ0v) is 13.9. The first-order valence-electron chi connectivity index (χ1n) is 8.10. The van der Waals surface area contributed by atoms with Crippen LogP contribution < -0.4 is 10.2 Å². The van der Waals surface area contributed by atoms with Crippen LogP contribution in [0.3, 0.4) is 0 Å². The molecule has 0 saturated carbocycles. The lowest BCUT2D eigenvalue weighted by Crippen LogP contribution is -2.29. The number of hydrogen-bond acceptors (Lipinski definition) is 7. The Hall–Kier alpha value is -2.65. The van der Waals surface area contributed by atoms with Crippen molar-refractivity contribution in [2.75, 3.05) is 43.1 Å². The minimum atomic E-state index is -0.433. The Balaban J connectivity index is 2.03. The molecule has 1 heterocycles. The third kappa shape index (κ3) is 5.44. The van der Waals surface area contributed by atoms with E-state index in [1.807, 2.05) is 10.8 Å². The summed E-state index contributed by atoms with van der Waals surface area (Å²) in [5, 5.41) is 32.7. The van der Waals surface area contributed by atoms with Gasteiger partial charge in [0.25, 0.3) is 5.69 Å². The van der Waals surface area contributed by atoms with Gasteiger partial charge in [-0.3, -0.25) is 10.1 Å². The summed E-state index contributed by atoms with van der Waals surface area (Å²) in [6, 6.07) is 4.87. The molecule has 2 aromatic rings. The first-order chi connectivity index (χ1) is 12.2. The van der Waals surface area contributed by atoms with Crippen molar-refractivity contribution in [3.63, 3.8) is 0 Å². The highest BCUT2D eigenvalue weighted by molar-refractivity contribution is 5.68. The highest BCUT2D eigenvalue weighted by Crippen LogP contribution is 2.29. The fourth-order valence-corrected chi connectivity index (χ4v) is 2.53. The van der Waals surface area contributed by atoms with Gasteiger partial charge in [-0.2, -0.15) is 0 Å². The van der Waals surface area contributed by atoms with E-state index in [1.165, 1.54) is 6.07 Å². The van der Waals surface area contributed by atoms with E-state index in [4.69, 9.17) is 10.2 Å². The maximum atomic E-state index is 11.4. The first-order valence-corrected chi connectivity index (χ1v) is 8.10. The summed E-state index contributed by atoms with van der Waals surface area (Å²) in [4.78, 5) is 16.6. The number of nitro benzene ring substituents is 1. The van der Waals surface area contributed by atoms with Crippen LogP contribution >= 0.6 is 0 Å². The minimum Gasteiger partial charge on any atom is -0.395 e. The molecule has 25 heavy (non-hydrogen) atoms. The second-order valence-electron chi connectivity index (χ2n) is 5.47. The van der Waals surface area contributed by atoms with Crippen molar-refractivity contribution in [1.82, 2.24) is 9.55 Å². The number of imidazole rings is 1. The predicted molar refractivity (Wildman–Crippen MR) is 94.8 cm³/mol. The number of nitrogens with zero attached hydrogens (tertiary/aromatic N) is 4. The summed E-state index contributed by atoms with van der Waals surface area (Å²) >= 11 is 0. The number of aromatic nitrogens is 2. The van der Waals surface area contributed by atoms with Crippen LogP contribution in [-0.4, -0.2) is 57.5 Å². The van der Waals surface area contributed by atoms with Crippen molar-refractivity contribution in [1.29, 1.82) is 0 Å². The molecule has 0 aliphatic carbocycles. The van der Waals surface area contributed by atoms with E-state index < -0.39 is 4.92 Å². The number of anilines is 2. The summed E-state index contributed by atoms with van der Waals surface area (Å²) in [5.41, 5.74) is 1.02. The Bertz CT molecular complexity index is 657. The van der Waals surface area contributed by atoms with E-state index in [9.17, 15) is 10.1 Å². The van der Waals surface area contributed by atoms with Crippen LogP contribution in [0.5, 0.6) is 0 Å². The number of nitrogens with one attached hydrogen (secondary N) is 1. The monoisotopic (exact) mass is 349 g/mol. The van der Waals surface area contributed by atoms with Gasteiger partial charge >= 0.3 is 0 Å². The summed E-state index contributed by atoms with van der Waals surface area (Å²) in [6.45, 7) is 1.78. The lowest BCUT2D eigenvalue weighted by molar-refractivity contribution is -0.383. The molecule has 1 aromatic carbocycles. The second-order valence-corrected chi connectivity index (χ2v) is 5.47. The maximum absolute atomic E-state index is 11.4. The van der Waals surface area contributed by atoms with Gasteiger partial charge in [-0.1, -0.05) is 0 Å². The number of benzene rings is 1. The van der Waals surface area contributed by atoms with E-state index in [1.54, 1.807) is 29.6 Å². The highest BCUT2D eigenvalue weighted by atomic mass is 16.6. The molecule has 136 valence electrons. The SMILES string of the molecule is O=[N+]([O-])c1cc(N(CCO)CCO)ccc1NCCCn1ccnc1. The van der Waals surface area contributed by atoms with Gasteiger partial charge < -0.3 is 25.0 Å². The molecule has 0 saturated heterocycles. The Morgan fingerprint density at radius 1 is 1.28 bits per heavy atom. The number of hydrogen-bond donors (Lipinski definition) is 3. The second kappa shape index (κ2) is 9.60. The molecule has 9 heteroatoms. The van der Waals surface area contributed by atoms with Crippen LogP contribution in [0.2, 0.25) is 0 Å². The Kier molecular flexibility index (Phi) is 7.17. The summed E-state index contributed by atoms with van der Waals surface area (Å²) in [6.07, 6.45) is 6.11. The van der Waals surface area contributed by atoms with E-state index in [2.05, 4.69) is 10.3 Å². The predicted octanol–water partition coefficient (Wildman–Crippen LogP) is 1.08. The molecule has 0 amide bonds. The fraction of sp³-hybridized carbons (Fsp3) is 0.438. The van der Waals surface area contributed by atoms with Crippen molar-refractivity contribution in [3.8, 4) is 0 Å². The topological polar surface area (TPSA) is 117 Å². The van der Waals surface area contributed by atoms with Gasteiger partial charge in [-0.15, -0.1) is 0 Å². The van der Waals surface area contributed by atoms with Crippen molar-refractivity contribution in [2.45, 2.75) is 13.0 Å². The summed E-state index contributed by atoms with van der Waals surface area (Å²) < 4.78 is 1.95. The molecule has 0 unspecified atom stereocenters. The standard InChI is InChI=1S/C16H23N5O4/c22-10-8-20(9-11-23)14-2-3-15(16(12-14)21(24)25)18-4-1-6-19-7-5-17-13-19/h2-3,5,7,12-13,18,22-23H,1,4,6,8-11H2. The van der Waals surface area contributed by atoms with Gasteiger partial charge in [-0.05, 0) is 18.6 Å². The number of nitro groups is 1. The average molecular weight is 349 g/mol. The third-order valence-corrected chi connectivity index (χ3v) is 3.75. The van der Waals surface area contributed by atoms with Crippen molar-refractivity contribution in [2.24, 2.45) is 0 Å². The molecular formula is C16H23N5O4. The van der Waals surface area contributed by atoms with Gasteiger partial charge in [0.2, 0.25) is 0 Å². The molecule has 0 atom stereocenters. The van der Waals surface area contributed by atoms with Crippen LogP contribution in [0, 0.1) is 10.1 Å². The van der Waals surface area contributed by atoms with Crippen LogP contribution in [-0.2, 0) is 6.54 Å². The number of aryl methyl sites for hydroxylation is 1. The van der Waals surface area contributed by atoms with Crippen molar-refractivity contribution < 1.29 is 15.1 Å². The quantitative estimate of drug-likeness (QED) is 0.316. The van der Waals surface area contributed by atoms with Crippen LogP contribution in [0.25, 0.3) is 0 Å². The van der Waals surface area contributed by atoms with E-state index >= 15 is 0 Å². The smallest absolute Gasteiger partial charge is 0.294 e. The first kappa shape index (κ1) is 18.7. The van der Waals surface area contributed by atoms with Crippen LogP contribution in [0.1, 0.15) is 6.42 Å². The summed E-state index contributed by atoms with van der Waals surface area (Å²) in [5.74, 6) is 0. The van der Waals surface area contributed by atoms with Crippen molar-refractivity contribution in [3.05, 3.63) is 47.0 Å². The molecule has 0 aliphatic rings. The molecule has 2 rings (SSSR count). The molecule has 1 aromatic heterocycles. The lowest BCUT2D eigenvalue weighted by Gasteiger charge is -2.23. The average Bonchev–Trinajstić information content (AvgIpc) is 3.12. The number of aliphatic hydroxyl groups excluding tert-OH is 2. The Morgan fingerprint density at radius 2 is 2.04 bits per heavy atom. The van der Waals surface area contributed by atoms with E-state index in [0.717, 1.165) is 13.0 Å². The van der Waals surface area contributed by atoms with Crippen molar-refractivity contribution >= 4 is 17.1 Å². The Morgan fingerprint density at radius 3 is 2.64 bits per heavy atom. The molecule has 3 N–H and O–H groups in total. The fourth-order valence-electron chi connectivity index (χ4n) is 2.53. The zero-order valence-electron chi connectivity index (χ0n) is 13.9. The van der Waals surface area contributed by atoms with Crippen LogP contribution in [0.4, 0.5) is 17.1 Å². The summed E-state index contributed by atoms with van der Waals surface area (Å²) in [7, 11) is 0. The van der Waals surface area contributed by atoms with Gasteiger partial charge in [0.1, 0.15) is 5.69 Å². The van der Waals surface area contributed by atoms with Crippen LogP contribution in [0.15, 0.2) is 36.9 Å². The third-order valence-electron chi connectivity index (χ3n) is 3.75. The molecule has 0 aliphatic heterocycles. The molecular weight excluding hydrogens is 326 g/mol. The van der Waals surface area contributed by atoms with Gasteiger partial charge in [0, 0.05) is 50.3 Å². The largest absolute Gasteiger partial charge is 0.395 e. The normalized spacial score (nSPS) is 10.6. The maximum Gasteiger partial charge on any atom is 0.294 e. The number of aliphatic hydroxyl groups is 2. The van der Waals surface area contributed by atoms with E-state index in [0.29, 0.717) is 31.0 Å². The molecule has 0 fully saturated rings. The molecule has 0 spiro atoms. The molecule has 0 radical (unpaired) electrons. The van der Waals surface area contributed by atoms with Gasteiger partial charge in [0.05, 0.1) is 24.5 Å². The molecule has 9 nitrogen and oxygen atoms in total. The number of rotatable bonds is 11. The van der Waals surface area contributed by atoms with Gasteiger partial charge in [-0.25, -0.2) is 4.98 Å². The van der Waals surface area contributed by atoms with Gasteiger partial charge in [0.15, 0.2) is 0 Å². The zero-order chi connectivity index (χ0) is 18.1. The highest BCUT2D eigenvalue weighted by Gasteiger charge is 2.17.